The van der Waals surface area contributed by atoms with Crippen molar-refractivity contribution in [2.24, 2.45) is 5.92 Å². The molecule has 1 unspecified atom stereocenters. The number of aromatic nitrogens is 1. The summed E-state index contributed by atoms with van der Waals surface area (Å²) in [4.78, 5) is 23.3. The van der Waals surface area contributed by atoms with Gasteiger partial charge in [-0.3, -0.25) is 4.79 Å². The Morgan fingerprint density at radius 3 is 2.22 bits per heavy atom. The molecule has 0 bridgehead atoms. The maximum atomic E-state index is 10.6. The maximum Gasteiger partial charge on any atom is 0.490 e. The van der Waals surface area contributed by atoms with Crippen molar-refractivity contribution in [1.82, 2.24) is 4.98 Å². The summed E-state index contributed by atoms with van der Waals surface area (Å²) in [6.45, 7) is 1.68. The van der Waals surface area contributed by atoms with Crippen molar-refractivity contribution in [2.45, 2.75) is 19.5 Å². The van der Waals surface area contributed by atoms with Crippen LogP contribution in [0.1, 0.15) is 12.6 Å². The molecule has 0 aliphatic rings. The van der Waals surface area contributed by atoms with E-state index in [4.69, 9.17) is 15.0 Å². The number of alkyl halides is 3. The zero-order chi connectivity index (χ0) is 14.3. The van der Waals surface area contributed by atoms with Crippen LogP contribution in [0.2, 0.25) is 0 Å². The lowest BCUT2D eigenvalue weighted by molar-refractivity contribution is -0.192. The van der Waals surface area contributed by atoms with E-state index in [0.29, 0.717) is 6.42 Å². The molecule has 0 radical (unpaired) electrons. The summed E-state index contributed by atoms with van der Waals surface area (Å²) in [5.41, 5.74) is 2.58. The predicted octanol–water partition coefficient (Wildman–Crippen LogP) is 2.04. The summed E-state index contributed by atoms with van der Waals surface area (Å²) in [5.74, 6) is -3.86. The molecule has 0 saturated carbocycles. The van der Waals surface area contributed by atoms with E-state index >= 15 is 0 Å². The van der Waals surface area contributed by atoms with Crippen LogP contribution in [0.4, 0.5) is 13.2 Å². The molecule has 102 valence electrons. The molecule has 2 N–H and O–H groups in total. The molecule has 1 heterocycles. The van der Waals surface area contributed by atoms with E-state index < -0.39 is 18.1 Å². The predicted molar refractivity (Wildman–Crippen MR) is 56.3 cm³/mol. The van der Waals surface area contributed by atoms with Crippen molar-refractivity contribution >= 4 is 23.3 Å². The third kappa shape index (κ3) is 6.84. The molecule has 0 fully saturated rings. The Morgan fingerprint density at radius 2 is 1.94 bits per heavy atom. The second-order valence-corrected chi connectivity index (χ2v) is 3.94. The van der Waals surface area contributed by atoms with Crippen LogP contribution < -0.4 is 0 Å². The van der Waals surface area contributed by atoms with E-state index in [9.17, 15) is 18.0 Å². The molecule has 5 nitrogen and oxygen atoms in total. The smallest absolute Gasteiger partial charge is 0.481 e. The van der Waals surface area contributed by atoms with Gasteiger partial charge in [0.2, 0.25) is 0 Å². The van der Waals surface area contributed by atoms with Gasteiger partial charge in [0, 0.05) is 11.8 Å². The number of carboxylic acid groups (broad SMARTS) is 2. The standard InChI is InChI=1S/C7H9NO2S.C2HF3O2/c1-5(7(9)10)2-6-3-11-4-8-6;3-2(4,5)1(6)7/h3-5H,2H2,1H3,(H,9,10);(H,6,7). The first-order valence-electron chi connectivity index (χ1n) is 4.54. The van der Waals surface area contributed by atoms with Crippen molar-refractivity contribution in [3.8, 4) is 0 Å². The van der Waals surface area contributed by atoms with Crippen LogP contribution in [-0.2, 0) is 16.0 Å². The summed E-state index contributed by atoms with van der Waals surface area (Å²) >= 11 is 1.49. The summed E-state index contributed by atoms with van der Waals surface area (Å²) in [6.07, 6.45) is -4.56. The molecule has 0 spiro atoms. The largest absolute Gasteiger partial charge is 0.490 e. The Balaban J connectivity index is 0.000000360. The number of hydrogen-bond acceptors (Lipinski definition) is 4. The number of carbonyl (C=O) groups is 2. The molecule has 1 atom stereocenters. The van der Waals surface area contributed by atoms with Gasteiger partial charge in [0.05, 0.1) is 17.1 Å². The second kappa shape index (κ2) is 6.94. The van der Waals surface area contributed by atoms with Gasteiger partial charge in [-0.05, 0) is 0 Å². The topological polar surface area (TPSA) is 87.5 Å². The van der Waals surface area contributed by atoms with Crippen LogP contribution >= 0.6 is 11.3 Å². The van der Waals surface area contributed by atoms with Gasteiger partial charge < -0.3 is 10.2 Å². The zero-order valence-corrected chi connectivity index (χ0v) is 9.96. The van der Waals surface area contributed by atoms with Gasteiger partial charge in [0.25, 0.3) is 0 Å². The Labute approximate surface area is 104 Å². The lowest BCUT2D eigenvalue weighted by Gasteiger charge is -2.01. The van der Waals surface area contributed by atoms with Crippen molar-refractivity contribution in [3.05, 3.63) is 16.6 Å². The Bertz CT molecular complexity index is 391. The molecule has 0 amide bonds. The molecule has 1 rings (SSSR count). The van der Waals surface area contributed by atoms with Gasteiger partial charge in [-0.25, -0.2) is 9.78 Å². The summed E-state index contributed by atoms with van der Waals surface area (Å²) < 4.78 is 31.7. The van der Waals surface area contributed by atoms with Gasteiger partial charge in [-0.2, -0.15) is 13.2 Å². The third-order valence-corrected chi connectivity index (χ3v) is 2.30. The number of thiazole rings is 1. The van der Waals surface area contributed by atoms with Crippen molar-refractivity contribution < 1.29 is 33.0 Å². The molecular formula is C9H10F3NO4S. The average molecular weight is 285 g/mol. The van der Waals surface area contributed by atoms with Crippen LogP contribution in [-0.4, -0.2) is 33.3 Å². The monoisotopic (exact) mass is 285 g/mol. The van der Waals surface area contributed by atoms with Gasteiger partial charge in [0.1, 0.15) is 0 Å². The van der Waals surface area contributed by atoms with Crippen molar-refractivity contribution in [2.75, 3.05) is 0 Å². The first kappa shape index (κ1) is 16.4. The average Bonchev–Trinajstić information content (AvgIpc) is 2.69. The van der Waals surface area contributed by atoms with Crippen molar-refractivity contribution in [1.29, 1.82) is 0 Å². The lowest BCUT2D eigenvalue weighted by Crippen LogP contribution is -2.21. The number of nitrogens with zero attached hydrogens (tertiary/aromatic N) is 1. The first-order valence-corrected chi connectivity index (χ1v) is 5.48. The molecule has 1 aromatic rings. The molecule has 9 heteroatoms. The fourth-order valence-corrected chi connectivity index (χ4v) is 1.31. The highest BCUT2D eigenvalue weighted by molar-refractivity contribution is 7.07. The molecule has 0 saturated heterocycles. The summed E-state index contributed by atoms with van der Waals surface area (Å²) in [7, 11) is 0. The number of halogens is 3. The van der Waals surface area contributed by atoms with Gasteiger partial charge in [0.15, 0.2) is 0 Å². The molecule has 0 aliphatic heterocycles. The van der Waals surface area contributed by atoms with Crippen molar-refractivity contribution in [3.63, 3.8) is 0 Å². The van der Waals surface area contributed by atoms with E-state index in [1.54, 1.807) is 12.4 Å². The van der Waals surface area contributed by atoms with Crippen LogP contribution in [0.15, 0.2) is 10.9 Å². The summed E-state index contributed by atoms with van der Waals surface area (Å²) in [6, 6.07) is 0. The van der Waals surface area contributed by atoms with E-state index in [0.717, 1.165) is 5.69 Å². The van der Waals surface area contributed by atoms with E-state index in [1.165, 1.54) is 11.3 Å². The first-order chi connectivity index (χ1) is 8.14. The van der Waals surface area contributed by atoms with E-state index in [2.05, 4.69) is 4.98 Å². The Morgan fingerprint density at radius 1 is 1.44 bits per heavy atom. The SMILES string of the molecule is CC(Cc1cscn1)C(=O)O.O=C(O)C(F)(F)F. The van der Waals surface area contributed by atoms with Crippen LogP contribution in [0.5, 0.6) is 0 Å². The van der Waals surface area contributed by atoms with E-state index in [-0.39, 0.29) is 5.92 Å². The van der Waals surface area contributed by atoms with Crippen LogP contribution in [0.25, 0.3) is 0 Å². The number of carboxylic acids is 2. The summed E-state index contributed by atoms with van der Waals surface area (Å²) in [5, 5.41) is 17.6. The van der Waals surface area contributed by atoms with Gasteiger partial charge >= 0.3 is 18.1 Å². The zero-order valence-electron chi connectivity index (χ0n) is 9.14. The fourth-order valence-electron chi connectivity index (χ4n) is 0.739. The van der Waals surface area contributed by atoms with Gasteiger partial charge in [-0.15, -0.1) is 11.3 Å². The van der Waals surface area contributed by atoms with E-state index in [1.807, 2.05) is 5.38 Å². The minimum absolute atomic E-state index is 0.336. The Hall–Kier alpha value is -1.64. The third-order valence-electron chi connectivity index (χ3n) is 1.66. The van der Waals surface area contributed by atoms with Crippen LogP contribution in [0, 0.1) is 5.92 Å². The highest BCUT2D eigenvalue weighted by Crippen LogP contribution is 2.13. The highest BCUT2D eigenvalue weighted by Gasteiger charge is 2.38. The fraction of sp³-hybridized carbons (Fsp3) is 0.444. The lowest BCUT2D eigenvalue weighted by atomic mass is 10.1. The number of hydrogen-bond donors (Lipinski definition) is 2. The minimum Gasteiger partial charge on any atom is -0.481 e. The number of aliphatic carboxylic acids is 2. The molecular weight excluding hydrogens is 275 g/mol. The Kier molecular flexibility index (Phi) is 6.31. The maximum absolute atomic E-state index is 10.6. The number of rotatable bonds is 3. The molecule has 1 aromatic heterocycles. The van der Waals surface area contributed by atoms with Gasteiger partial charge in [-0.1, -0.05) is 6.92 Å². The second-order valence-electron chi connectivity index (χ2n) is 3.23. The normalized spacial score (nSPS) is 12.2. The molecule has 18 heavy (non-hydrogen) atoms. The quantitative estimate of drug-likeness (QED) is 0.887. The molecule has 0 aromatic carbocycles. The minimum atomic E-state index is -5.08. The highest BCUT2D eigenvalue weighted by atomic mass is 32.1. The van der Waals surface area contributed by atoms with Crippen LogP contribution in [0.3, 0.4) is 0 Å². The molecule has 0 aliphatic carbocycles.